The minimum atomic E-state index is -2.91. The van der Waals surface area contributed by atoms with Crippen LogP contribution in [0.3, 0.4) is 0 Å². The molecule has 120 valence electrons. The van der Waals surface area contributed by atoms with Crippen molar-refractivity contribution < 1.29 is 13.2 Å². The lowest BCUT2D eigenvalue weighted by Crippen LogP contribution is -2.22. The first-order valence-corrected chi connectivity index (χ1v) is 9.38. The summed E-state index contributed by atoms with van der Waals surface area (Å²) in [4.78, 5) is 0. The average molecular weight is 313 g/mol. The smallest absolute Gasteiger partial charge is 0.150 e. The Labute approximate surface area is 128 Å². The standard InChI is InChI=1S/C16H27NO3S/c1-4-15(17)12-14-11-13(3)7-8-16(14)20-9-6-10-21(18,19)5-2/h7-8,11,15H,4-6,9-10,12,17H2,1-3H3. The van der Waals surface area contributed by atoms with Gasteiger partial charge in [0.25, 0.3) is 0 Å². The van der Waals surface area contributed by atoms with Gasteiger partial charge in [-0.15, -0.1) is 0 Å². The third kappa shape index (κ3) is 6.48. The molecule has 2 N–H and O–H groups in total. The Kier molecular flexibility index (Phi) is 7.18. The monoisotopic (exact) mass is 313 g/mol. The zero-order chi connectivity index (χ0) is 15.9. The number of rotatable bonds is 9. The van der Waals surface area contributed by atoms with E-state index in [1.54, 1.807) is 6.92 Å². The quantitative estimate of drug-likeness (QED) is 0.711. The molecule has 0 fully saturated rings. The first-order valence-electron chi connectivity index (χ1n) is 7.56. The van der Waals surface area contributed by atoms with E-state index in [2.05, 4.69) is 13.0 Å². The lowest BCUT2D eigenvalue weighted by Gasteiger charge is -2.15. The van der Waals surface area contributed by atoms with Gasteiger partial charge < -0.3 is 10.5 Å². The topological polar surface area (TPSA) is 69.4 Å². The fourth-order valence-corrected chi connectivity index (χ4v) is 2.89. The zero-order valence-electron chi connectivity index (χ0n) is 13.3. The van der Waals surface area contributed by atoms with Crippen LogP contribution in [0.4, 0.5) is 0 Å². The molecule has 0 saturated heterocycles. The minimum absolute atomic E-state index is 0.120. The lowest BCUT2D eigenvalue weighted by molar-refractivity contribution is 0.313. The second-order valence-corrected chi connectivity index (χ2v) is 7.89. The normalized spacial score (nSPS) is 13.1. The zero-order valence-corrected chi connectivity index (χ0v) is 14.1. The molecule has 0 aromatic heterocycles. The molecule has 0 saturated carbocycles. The molecule has 0 aliphatic heterocycles. The Morgan fingerprint density at radius 2 is 2.00 bits per heavy atom. The summed E-state index contributed by atoms with van der Waals surface area (Å²) in [6.07, 6.45) is 2.21. The van der Waals surface area contributed by atoms with Crippen molar-refractivity contribution in [2.45, 2.75) is 46.1 Å². The van der Waals surface area contributed by atoms with E-state index >= 15 is 0 Å². The molecule has 0 spiro atoms. The molecular weight excluding hydrogens is 286 g/mol. The molecular formula is C16H27NO3S. The molecule has 1 atom stereocenters. The Morgan fingerprint density at radius 1 is 1.29 bits per heavy atom. The molecule has 21 heavy (non-hydrogen) atoms. The first kappa shape index (κ1) is 18.0. The van der Waals surface area contributed by atoms with Gasteiger partial charge in [0, 0.05) is 11.8 Å². The Morgan fingerprint density at radius 3 is 2.62 bits per heavy atom. The number of aryl methyl sites for hydroxylation is 1. The van der Waals surface area contributed by atoms with Crippen LogP contribution in [0, 0.1) is 6.92 Å². The Bertz CT molecular complexity index is 540. The van der Waals surface area contributed by atoms with E-state index in [0.29, 0.717) is 13.0 Å². The highest BCUT2D eigenvalue weighted by atomic mass is 32.2. The van der Waals surface area contributed by atoms with Gasteiger partial charge >= 0.3 is 0 Å². The van der Waals surface area contributed by atoms with Gasteiger partial charge in [-0.25, -0.2) is 8.42 Å². The van der Waals surface area contributed by atoms with Crippen molar-refractivity contribution in [3.05, 3.63) is 29.3 Å². The number of hydrogen-bond acceptors (Lipinski definition) is 4. The maximum Gasteiger partial charge on any atom is 0.150 e. The Hall–Kier alpha value is -1.07. The lowest BCUT2D eigenvalue weighted by atomic mass is 10.0. The second kappa shape index (κ2) is 8.39. The van der Waals surface area contributed by atoms with Crippen LogP contribution in [0.5, 0.6) is 5.75 Å². The van der Waals surface area contributed by atoms with Gasteiger partial charge in [0.15, 0.2) is 0 Å². The van der Waals surface area contributed by atoms with E-state index in [0.717, 1.165) is 24.2 Å². The van der Waals surface area contributed by atoms with Crippen LogP contribution in [0.15, 0.2) is 18.2 Å². The predicted octanol–water partition coefficient (Wildman–Crippen LogP) is 2.48. The van der Waals surface area contributed by atoms with Gasteiger partial charge in [0.05, 0.1) is 12.4 Å². The second-order valence-electron chi connectivity index (χ2n) is 5.42. The van der Waals surface area contributed by atoms with Gasteiger partial charge in [0.2, 0.25) is 0 Å². The summed E-state index contributed by atoms with van der Waals surface area (Å²) in [5.41, 5.74) is 8.29. The first-order chi connectivity index (χ1) is 9.88. The predicted molar refractivity (Wildman–Crippen MR) is 87.6 cm³/mol. The number of benzene rings is 1. The van der Waals surface area contributed by atoms with E-state index in [1.165, 1.54) is 5.56 Å². The molecule has 1 aromatic carbocycles. The summed E-state index contributed by atoms with van der Waals surface area (Å²) in [6, 6.07) is 6.16. The van der Waals surface area contributed by atoms with E-state index in [9.17, 15) is 8.42 Å². The molecule has 1 unspecified atom stereocenters. The molecule has 5 heteroatoms. The van der Waals surface area contributed by atoms with Crippen molar-refractivity contribution in [3.63, 3.8) is 0 Å². The number of sulfone groups is 1. The van der Waals surface area contributed by atoms with Gasteiger partial charge in [-0.3, -0.25) is 0 Å². The number of hydrogen-bond donors (Lipinski definition) is 1. The largest absolute Gasteiger partial charge is 0.493 e. The summed E-state index contributed by atoms with van der Waals surface area (Å²) >= 11 is 0. The van der Waals surface area contributed by atoms with Crippen LogP contribution in [-0.4, -0.2) is 32.6 Å². The molecule has 1 rings (SSSR count). The third-order valence-corrected chi connectivity index (χ3v) is 5.31. The average Bonchev–Trinajstić information content (AvgIpc) is 2.45. The highest BCUT2D eigenvalue weighted by Gasteiger charge is 2.10. The van der Waals surface area contributed by atoms with E-state index in [1.807, 2.05) is 19.1 Å². The molecule has 4 nitrogen and oxygen atoms in total. The Balaban J connectivity index is 2.62. The number of nitrogens with two attached hydrogens (primary N) is 1. The molecule has 0 heterocycles. The summed E-state index contributed by atoms with van der Waals surface area (Å²) in [5, 5.41) is 0. The summed E-state index contributed by atoms with van der Waals surface area (Å²) in [7, 11) is -2.91. The van der Waals surface area contributed by atoms with Crippen molar-refractivity contribution in [3.8, 4) is 5.75 Å². The highest BCUT2D eigenvalue weighted by molar-refractivity contribution is 7.91. The highest BCUT2D eigenvalue weighted by Crippen LogP contribution is 2.22. The molecule has 0 amide bonds. The summed E-state index contributed by atoms with van der Waals surface area (Å²) in [6.45, 7) is 6.19. The SMILES string of the molecule is CCC(N)Cc1cc(C)ccc1OCCCS(=O)(=O)CC. The van der Waals surface area contributed by atoms with Crippen molar-refractivity contribution in [1.82, 2.24) is 0 Å². The van der Waals surface area contributed by atoms with Crippen molar-refractivity contribution >= 4 is 9.84 Å². The van der Waals surface area contributed by atoms with E-state index in [4.69, 9.17) is 10.5 Å². The van der Waals surface area contributed by atoms with Crippen LogP contribution >= 0.6 is 0 Å². The minimum Gasteiger partial charge on any atom is -0.493 e. The van der Waals surface area contributed by atoms with Crippen molar-refractivity contribution in [2.75, 3.05) is 18.1 Å². The van der Waals surface area contributed by atoms with Crippen molar-refractivity contribution in [1.29, 1.82) is 0 Å². The molecule has 0 bridgehead atoms. The third-order valence-electron chi connectivity index (χ3n) is 3.52. The molecule has 0 aliphatic rings. The van der Waals surface area contributed by atoms with Crippen LogP contribution in [0.25, 0.3) is 0 Å². The van der Waals surface area contributed by atoms with Gasteiger partial charge in [-0.2, -0.15) is 0 Å². The fraction of sp³-hybridized carbons (Fsp3) is 0.625. The molecule has 0 radical (unpaired) electrons. The fourth-order valence-electron chi connectivity index (χ4n) is 2.04. The molecule has 0 aliphatic carbocycles. The van der Waals surface area contributed by atoms with Crippen LogP contribution in [0.1, 0.15) is 37.8 Å². The van der Waals surface area contributed by atoms with Crippen LogP contribution in [-0.2, 0) is 16.3 Å². The van der Waals surface area contributed by atoms with Gasteiger partial charge in [-0.05, 0) is 37.8 Å². The summed E-state index contributed by atoms with van der Waals surface area (Å²) < 4.78 is 28.6. The summed E-state index contributed by atoms with van der Waals surface area (Å²) in [5.74, 6) is 1.19. The van der Waals surface area contributed by atoms with E-state index < -0.39 is 9.84 Å². The van der Waals surface area contributed by atoms with E-state index in [-0.39, 0.29) is 17.5 Å². The van der Waals surface area contributed by atoms with Crippen molar-refractivity contribution in [2.24, 2.45) is 5.73 Å². The molecule has 1 aromatic rings. The van der Waals surface area contributed by atoms with Crippen LogP contribution < -0.4 is 10.5 Å². The maximum atomic E-state index is 11.4. The maximum absolute atomic E-state index is 11.4. The van der Waals surface area contributed by atoms with Crippen LogP contribution in [0.2, 0.25) is 0 Å². The van der Waals surface area contributed by atoms with Gasteiger partial charge in [-0.1, -0.05) is 31.5 Å². The van der Waals surface area contributed by atoms with Gasteiger partial charge in [0.1, 0.15) is 15.6 Å². The number of ether oxygens (including phenoxy) is 1.